The van der Waals surface area contributed by atoms with Crippen LogP contribution in [0.3, 0.4) is 0 Å². The molecule has 0 spiro atoms. The number of carbonyl (C=O) groups excluding carboxylic acids is 2. The van der Waals surface area contributed by atoms with E-state index in [1.807, 2.05) is 48.5 Å². The van der Waals surface area contributed by atoms with Crippen LogP contribution in [-0.4, -0.2) is 18.4 Å². The van der Waals surface area contributed by atoms with Gasteiger partial charge in [-0.2, -0.15) is 0 Å². The van der Waals surface area contributed by atoms with Gasteiger partial charge in [0.2, 0.25) is 5.91 Å². The smallest absolute Gasteiger partial charge is 0.268 e. The van der Waals surface area contributed by atoms with E-state index in [1.165, 1.54) is 16.2 Å². The van der Waals surface area contributed by atoms with E-state index in [9.17, 15) is 9.59 Å². The molecule has 7 heteroatoms. The minimum atomic E-state index is -0.261. The molecule has 1 N–H and O–H groups in total. The van der Waals surface area contributed by atoms with E-state index < -0.39 is 0 Å². The van der Waals surface area contributed by atoms with Crippen molar-refractivity contribution in [2.24, 2.45) is 0 Å². The predicted octanol–water partition coefficient (Wildman–Crippen LogP) is 5.56. The molecule has 2 aromatic carbocycles. The van der Waals surface area contributed by atoms with Crippen LogP contribution < -0.4 is 10.2 Å². The highest BCUT2D eigenvalue weighted by Crippen LogP contribution is 2.33. The first-order chi connectivity index (χ1) is 12.5. The number of hydrogen-bond acceptors (Lipinski definition) is 3. The molecule has 3 rings (SSSR count). The molecule has 3 aromatic rings. The van der Waals surface area contributed by atoms with Crippen LogP contribution in [0.25, 0.3) is 0 Å². The lowest BCUT2D eigenvalue weighted by atomic mass is 10.2. The van der Waals surface area contributed by atoms with E-state index in [4.69, 9.17) is 0 Å². The predicted molar refractivity (Wildman–Crippen MR) is 113 cm³/mol. The number of amides is 2. The quantitative estimate of drug-likeness (QED) is 0.505. The van der Waals surface area contributed by atoms with Gasteiger partial charge in [0.25, 0.3) is 5.91 Å². The van der Waals surface area contributed by atoms with Gasteiger partial charge < -0.3 is 5.32 Å². The maximum atomic E-state index is 13.0. The van der Waals surface area contributed by atoms with Gasteiger partial charge in [-0.3, -0.25) is 14.5 Å². The number of thiophene rings is 1. The van der Waals surface area contributed by atoms with E-state index in [0.29, 0.717) is 16.3 Å². The summed E-state index contributed by atoms with van der Waals surface area (Å²) in [7, 11) is 0. The highest BCUT2D eigenvalue weighted by molar-refractivity contribution is 9.13. The zero-order valence-corrected chi connectivity index (χ0v) is 17.5. The normalized spacial score (nSPS) is 10.4. The molecule has 0 saturated carbocycles. The summed E-state index contributed by atoms with van der Waals surface area (Å²) >= 11 is 8.13. The molecule has 0 aliphatic rings. The molecule has 132 valence electrons. The van der Waals surface area contributed by atoms with Crippen molar-refractivity contribution < 1.29 is 9.59 Å². The molecule has 1 aromatic heterocycles. The summed E-state index contributed by atoms with van der Waals surface area (Å²) in [6.07, 6.45) is 0. The van der Waals surface area contributed by atoms with Crippen molar-refractivity contribution in [2.45, 2.75) is 0 Å². The Morgan fingerprint density at radius 1 is 0.962 bits per heavy atom. The zero-order valence-electron chi connectivity index (χ0n) is 13.5. The van der Waals surface area contributed by atoms with Gasteiger partial charge in [-0.25, -0.2) is 0 Å². The van der Waals surface area contributed by atoms with Crippen molar-refractivity contribution in [2.75, 3.05) is 16.8 Å². The average molecular weight is 494 g/mol. The third-order valence-electron chi connectivity index (χ3n) is 3.53. The minimum absolute atomic E-state index is 0.0785. The molecule has 0 aliphatic heterocycles. The Balaban J connectivity index is 1.84. The molecule has 0 fully saturated rings. The summed E-state index contributed by atoms with van der Waals surface area (Å²) in [4.78, 5) is 27.5. The fraction of sp³-hybridized carbons (Fsp3) is 0.0526. The van der Waals surface area contributed by atoms with Crippen LogP contribution in [0.2, 0.25) is 0 Å². The van der Waals surface area contributed by atoms with Gasteiger partial charge in [-0.1, -0.05) is 36.4 Å². The maximum absolute atomic E-state index is 13.0. The van der Waals surface area contributed by atoms with Crippen molar-refractivity contribution in [3.05, 3.63) is 79.9 Å². The lowest BCUT2D eigenvalue weighted by Gasteiger charge is -2.21. The number of para-hydroxylation sites is 2. The summed E-state index contributed by atoms with van der Waals surface area (Å²) in [5, 5.41) is 2.82. The van der Waals surface area contributed by atoms with Crippen molar-refractivity contribution in [1.29, 1.82) is 0 Å². The van der Waals surface area contributed by atoms with Gasteiger partial charge in [-0.15, -0.1) is 11.3 Å². The molecule has 0 radical (unpaired) electrons. The Morgan fingerprint density at radius 3 is 2.15 bits per heavy atom. The van der Waals surface area contributed by atoms with Crippen LogP contribution in [0.4, 0.5) is 11.4 Å². The molecule has 4 nitrogen and oxygen atoms in total. The van der Waals surface area contributed by atoms with Gasteiger partial charge >= 0.3 is 0 Å². The minimum Gasteiger partial charge on any atom is -0.325 e. The van der Waals surface area contributed by atoms with E-state index in [-0.39, 0.29) is 18.4 Å². The molecular formula is C19H14Br2N2O2S. The van der Waals surface area contributed by atoms with Crippen LogP contribution in [0.15, 0.2) is 75.0 Å². The van der Waals surface area contributed by atoms with Crippen LogP contribution in [0.1, 0.15) is 9.67 Å². The van der Waals surface area contributed by atoms with Crippen molar-refractivity contribution in [3.63, 3.8) is 0 Å². The Kier molecular flexibility index (Phi) is 6.24. The standard InChI is InChI=1S/C19H14Br2N2O2S/c20-15-11-16(26-18(15)21)19(25)23(14-9-5-2-6-10-14)12-17(24)22-13-7-3-1-4-8-13/h1-11H,12H2,(H,22,24). The summed E-state index contributed by atoms with van der Waals surface area (Å²) in [5.74, 6) is -0.487. The van der Waals surface area contributed by atoms with Crippen molar-refractivity contribution >= 4 is 66.4 Å². The monoisotopic (exact) mass is 492 g/mol. The third kappa shape index (κ3) is 4.60. The maximum Gasteiger partial charge on any atom is 0.268 e. The first-order valence-electron chi connectivity index (χ1n) is 7.71. The molecule has 0 atom stereocenters. The van der Waals surface area contributed by atoms with E-state index in [1.54, 1.807) is 18.2 Å². The van der Waals surface area contributed by atoms with Crippen molar-refractivity contribution in [3.8, 4) is 0 Å². The molecule has 0 saturated heterocycles. The number of carbonyl (C=O) groups is 2. The Morgan fingerprint density at radius 2 is 1.58 bits per heavy atom. The number of rotatable bonds is 5. The summed E-state index contributed by atoms with van der Waals surface area (Å²) < 4.78 is 1.65. The van der Waals surface area contributed by atoms with Gasteiger partial charge in [0, 0.05) is 15.8 Å². The van der Waals surface area contributed by atoms with E-state index in [2.05, 4.69) is 37.2 Å². The molecule has 0 aliphatic carbocycles. The Labute approximate surface area is 172 Å². The van der Waals surface area contributed by atoms with Crippen LogP contribution in [0, 0.1) is 0 Å². The lowest BCUT2D eigenvalue weighted by Crippen LogP contribution is -2.37. The van der Waals surface area contributed by atoms with Crippen LogP contribution in [0.5, 0.6) is 0 Å². The second kappa shape index (κ2) is 8.62. The van der Waals surface area contributed by atoms with Gasteiger partial charge in [0.1, 0.15) is 6.54 Å². The highest BCUT2D eigenvalue weighted by atomic mass is 79.9. The second-order valence-corrected chi connectivity index (χ2v) is 8.60. The highest BCUT2D eigenvalue weighted by Gasteiger charge is 2.23. The number of benzene rings is 2. The van der Waals surface area contributed by atoms with Gasteiger partial charge in [0.05, 0.1) is 8.66 Å². The van der Waals surface area contributed by atoms with Gasteiger partial charge in [0.15, 0.2) is 0 Å². The Hall–Kier alpha value is -1.96. The molecule has 26 heavy (non-hydrogen) atoms. The summed E-state index contributed by atoms with van der Waals surface area (Å²) in [6.45, 7) is -0.0785. The fourth-order valence-corrected chi connectivity index (χ4v) is 4.32. The lowest BCUT2D eigenvalue weighted by molar-refractivity contribution is -0.114. The zero-order chi connectivity index (χ0) is 18.5. The number of anilines is 2. The molecule has 0 bridgehead atoms. The first kappa shape index (κ1) is 18.8. The van der Waals surface area contributed by atoms with Crippen LogP contribution in [-0.2, 0) is 4.79 Å². The third-order valence-corrected chi connectivity index (χ3v) is 6.77. The van der Waals surface area contributed by atoms with Gasteiger partial charge in [-0.05, 0) is 62.2 Å². The number of halogens is 2. The number of nitrogens with one attached hydrogen (secondary N) is 1. The van der Waals surface area contributed by atoms with E-state index in [0.717, 1.165) is 8.26 Å². The van der Waals surface area contributed by atoms with Crippen molar-refractivity contribution in [1.82, 2.24) is 0 Å². The van der Waals surface area contributed by atoms with Crippen LogP contribution >= 0.6 is 43.2 Å². The number of nitrogens with zero attached hydrogens (tertiary/aromatic N) is 1. The summed E-state index contributed by atoms with van der Waals surface area (Å²) in [5.41, 5.74) is 1.36. The number of hydrogen-bond donors (Lipinski definition) is 1. The molecule has 2 amide bonds. The Bertz CT molecular complexity index is 894. The van der Waals surface area contributed by atoms with E-state index >= 15 is 0 Å². The second-order valence-electron chi connectivity index (χ2n) is 5.37. The fourth-order valence-electron chi connectivity index (χ4n) is 2.34. The average Bonchev–Trinajstić information content (AvgIpc) is 2.99. The SMILES string of the molecule is O=C(CN(C(=O)c1cc(Br)c(Br)s1)c1ccccc1)Nc1ccccc1. The molecule has 0 unspecified atom stereocenters. The molecule has 1 heterocycles. The topological polar surface area (TPSA) is 49.4 Å². The first-order valence-corrected chi connectivity index (χ1v) is 10.1. The summed E-state index contributed by atoms with van der Waals surface area (Å²) in [6, 6.07) is 20.1. The largest absolute Gasteiger partial charge is 0.325 e. The molecular weight excluding hydrogens is 480 g/mol.